The van der Waals surface area contributed by atoms with Crippen molar-refractivity contribution < 1.29 is 19.1 Å². The number of aryl methyl sites for hydroxylation is 1. The van der Waals surface area contributed by atoms with E-state index >= 15 is 0 Å². The van der Waals surface area contributed by atoms with Gasteiger partial charge in [-0.1, -0.05) is 106 Å². The summed E-state index contributed by atoms with van der Waals surface area (Å²) in [6, 6.07) is 18.4. The first-order valence-electron chi connectivity index (χ1n) is 14.4. The summed E-state index contributed by atoms with van der Waals surface area (Å²) in [5, 5.41) is 8.49. The number of fused-ring (bicyclic) bond motifs is 1. The van der Waals surface area contributed by atoms with Gasteiger partial charge in [-0.05, 0) is 42.3 Å². The van der Waals surface area contributed by atoms with E-state index in [9.17, 15) is 14.4 Å². The molecule has 2 N–H and O–H groups in total. The molecule has 212 valence electrons. The monoisotopic (exact) mass is 543 g/mol. The number of amides is 2. The minimum Gasteiger partial charge on any atom is -0.422 e. The largest absolute Gasteiger partial charge is 0.422 e. The lowest BCUT2D eigenvalue weighted by Gasteiger charge is -2.11. The number of rotatable bonds is 16. The maximum absolute atomic E-state index is 12.8. The number of ether oxygens (including phenoxy) is 1. The summed E-state index contributed by atoms with van der Waals surface area (Å²) in [6.07, 6.45) is 12.5. The van der Waals surface area contributed by atoms with Crippen LogP contribution in [-0.2, 0) is 9.59 Å². The third kappa shape index (κ3) is 10.3. The van der Waals surface area contributed by atoms with Crippen LogP contribution < -0.4 is 15.5 Å². The molecule has 0 atom stereocenters. The summed E-state index contributed by atoms with van der Waals surface area (Å²) in [4.78, 5) is 37.2. The van der Waals surface area contributed by atoms with Crippen LogP contribution in [0, 0.1) is 6.92 Å². The quantitative estimate of drug-likeness (QED) is 0.0678. The summed E-state index contributed by atoms with van der Waals surface area (Å²) < 4.78 is 5.72. The van der Waals surface area contributed by atoms with Crippen LogP contribution in [0.2, 0.25) is 0 Å². The van der Waals surface area contributed by atoms with Crippen molar-refractivity contribution in [2.45, 2.75) is 78.1 Å². The SMILES string of the molecule is CCCCCCCCCCCC(=O)NCC(=O)NN=Cc1c(OC(=O)c2cccc(C)c2)ccc2ccccc12. The van der Waals surface area contributed by atoms with Crippen LogP contribution in [0.5, 0.6) is 5.75 Å². The van der Waals surface area contributed by atoms with Crippen molar-refractivity contribution in [3.8, 4) is 5.75 Å². The van der Waals surface area contributed by atoms with Gasteiger partial charge in [-0.3, -0.25) is 9.59 Å². The van der Waals surface area contributed by atoms with Crippen molar-refractivity contribution >= 4 is 34.8 Å². The van der Waals surface area contributed by atoms with E-state index in [2.05, 4.69) is 22.8 Å². The number of benzene rings is 3. The number of nitrogens with one attached hydrogen (secondary N) is 2. The first-order chi connectivity index (χ1) is 19.5. The van der Waals surface area contributed by atoms with E-state index in [4.69, 9.17) is 4.74 Å². The van der Waals surface area contributed by atoms with E-state index in [1.807, 2.05) is 43.3 Å². The Kier molecular flexibility index (Phi) is 12.9. The minimum atomic E-state index is -0.479. The molecular formula is C33H41N3O4. The molecule has 2 amide bonds. The van der Waals surface area contributed by atoms with Crippen LogP contribution >= 0.6 is 0 Å². The fourth-order valence-corrected chi connectivity index (χ4v) is 4.50. The molecule has 0 saturated heterocycles. The molecule has 3 rings (SSSR count). The van der Waals surface area contributed by atoms with Crippen LogP contribution in [0.15, 0.2) is 65.8 Å². The van der Waals surface area contributed by atoms with Crippen molar-refractivity contribution in [3.63, 3.8) is 0 Å². The van der Waals surface area contributed by atoms with Gasteiger partial charge in [-0.15, -0.1) is 0 Å². The lowest BCUT2D eigenvalue weighted by molar-refractivity contribution is -0.126. The highest BCUT2D eigenvalue weighted by molar-refractivity contribution is 6.04. The fourth-order valence-electron chi connectivity index (χ4n) is 4.50. The zero-order valence-corrected chi connectivity index (χ0v) is 23.7. The second kappa shape index (κ2) is 16.9. The molecule has 0 aliphatic rings. The standard InChI is InChI=1S/C33H41N3O4/c1-3-4-5-6-7-8-9-10-11-19-31(37)34-24-32(38)36-35-23-29-28-18-13-12-16-26(28)20-21-30(29)40-33(39)27-17-14-15-25(2)22-27/h12-18,20-23H,3-11,19,24H2,1-2H3,(H,34,37)(H,36,38). The summed E-state index contributed by atoms with van der Waals surface area (Å²) in [5.74, 6) is -0.721. The van der Waals surface area contributed by atoms with Crippen molar-refractivity contribution in [3.05, 3.63) is 77.4 Å². The van der Waals surface area contributed by atoms with E-state index in [-0.39, 0.29) is 12.5 Å². The Morgan fingerprint density at radius 2 is 1.55 bits per heavy atom. The molecule has 7 heteroatoms. The number of hydrogen-bond donors (Lipinski definition) is 2. The van der Waals surface area contributed by atoms with Gasteiger partial charge in [0.2, 0.25) is 5.91 Å². The van der Waals surface area contributed by atoms with E-state index < -0.39 is 11.9 Å². The van der Waals surface area contributed by atoms with E-state index in [1.165, 1.54) is 44.7 Å². The molecule has 3 aromatic carbocycles. The van der Waals surface area contributed by atoms with Gasteiger partial charge < -0.3 is 10.1 Å². The lowest BCUT2D eigenvalue weighted by atomic mass is 10.0. The van der Waals surface area contributed by atoms with Crippen molar-refractivity contribution in [2.75, 3.05) is 6.54 Å². The number of carbonyl (C=O) groups excluding carboxylic acids is 3. The molecule has 0 aliphatic carbocycles. The minimum absolute atomic E-state index is 0.138. The van der Waals surface area contributed by atoms with E-state index in [1.54, 1.807) is 24.3 Å². The van der Waals surface area contributed by atoms with Crippen LogP contribution in [0.1, 0.15) is 92.6 Å². The molecule has 0 aromatic heterocycles. The maximum Gasteiger partial charge on any atom is 0.343 e. The first-order valence-corrected chi connectivity index (χ1v) is 14.4. The molecule has 3 aromatic rings. The summed E-state index contributed by atoms with van der Waals surface area (Å²) in [7, 11) is 0. The van der Waals surface area contributed by atoms with Crippen LogP contribution in [0.25, 0.3) is 10.8 Å². The van der Waals surface area contributed by atoms with Crippen molar-refractivity contribution in [1.29, 1.82) is 0 Å². The predicted molar refractivity (Wildman–Crippen MR) is 161 cm³/mol. The molecule has 0 spiro atoms. The molecule has 0 unspecified atom stereocenters. The highest BCUT2D eigenvalue weighted by Crippen LogP contribution is 2.27. The Hall–Kier alpha value is -4.00. The number of carbonyl (C=O) groups is 3. The van der Waals surface area contributed by atoms with Gasteiger partial charge in [0, 0.05) is 12.0 Å². The molecule has 0 saturated carbocycles. The third-order valence-corrected chi connectivity index (χ3v) is 6.72. The number of unbranched alkanes of at least 4 members (excludes halogenated alkanes) is 8. The number of hydrazone groups is 1. The van der Waals surface area contributed by atoms with Gasteiger partial charge in [-0.2, -0.15) is 5.10 Å². The summed E-state index contributed by atoms with van der Waals surface area (Å²) in [5.41, 5.74) is 4.42. The van der Waals surface area contributed by atoms with Crippen LogP contribution in [-0.4, -0.2) is 30.5 Å². The molecule has 40 heavy (non-hydrogen) atoms. The molecule has 0 heterocycles. The second-order valence-electron chi connectivity index (χ2n) is 10.1. The Morgan fingerprint density at radius 1 is 0.825 bits per heavy atom. The molecule has 0 fully saturated rings. The van der Waals surface area contributed by atoms with E-state index in [0.29, 0.717) is 23.3 Å². The van der Waals surface area contributed by atoms with Gasteiger partial charge in [0.15, 0.2) is 0 Å². The summed E-state index contributed by atoms with van der Waals surface area (Å²) >= 11 is 0. The maximum atomic E-state index is 12.8. The van der Waals surface area contributed by atoms with Gasteiger partial charge >= 0.3 is 5.97 Å². The molecule has 0 radical (unpaired) electrons. The molecule has 0 aliphatic heterocycles. The Bertz CT molecular complexity index is 1300. The predicted octanol–water partition coefficient (Wildman–Crippen LogP) is 6.85. The normalized spacial score (nSPS) is 11.1. The average Bonchev–Trinajstić information content (AvgIpc) is 2.96. The fraction of sp³-hybridized carbons (Fsp3) is 0.394. The molecule has 7 nitrogen and oxygen atoms in total. The van der Waals surface area contributed by atoms with Gasteiger partial charge in [0.25, 0.3) is 5.91 Å². The number of nitrogens with zero attached hydrogens (tertiary/aromatic N) is 1. The second-order valence-corrected chi connectivity index (χ2v) is 10.1. The van der Waals surface area contributed by atoms with Gasteiger partial charge in [0.05, 0.1) is 18.3 Å². The lowest BCUT2D eigenvalue weighted by Crippen LogP contribution is -2.34. The van der Waals surface area contributed by atoms with Crippen molar-refractivity contribution in [2.24, 2.45) is 5.10 Å². The van der Waals surface area contributed by atoms with Crippen molar-refractivity contribution in [1.82, 2.24) is 10.7 Å². The van der Waals surface area contributed by atoms with Crippen LogP contribution in [0.4, 0.5) is 0 Å². The van der Waals surface area contributed by atoms with Gasteiger partial charge in [0.1, 0.15) is 5.75 Å². The zero-order valence-electron chi connectivity index (χ0n) is 23.7. The smallest absolute Gasteiger partial charge is 0.343 e. The Labute approximate surface area is 237 Å². The van der Waals surface area contributed by atoms with E-state index in [0.717, 1.165) is 35.6 Å². The average molecular weight is 544 g/mol. The third-order valence-electron chi connectivity index (χ3n) is 6.72. The highest BCUT2D eigenvalue weighted by Gasteiger charge is 2.14. The molecular weight excluding hydrogens is 502 g/mol. The van der Waals surface area contributed by atoms with Gasteiger partial charge in [-0.25, -0.2) is 10.2 Å². The first kappa shape index (κ1) is 30.5. The molecule has 0 bridgehead atoms. The topological polar surface area (TPSA) is 96.9 Å². The number of esters is 1. The number of hydrogen-bond acceptors (Lipinski definition) is 5. The summed E-state index contributed by atoms with van der Waals surface area (Å²) in [6.45, 7) is 3.98. The Balaban J connectivity index is 1.48. The van der Waals surface area contributed by atoms with Crippen LogP contribution in [0.3, 0.4) is 0 Å². The highest BCUT2D eigenvalue weighted by atomic mass is 16.5. The zero-order chi connectivity index (χ0) is 28.6. The Morgan fingerprint density at radius 3 is 2.30 bits per heavy atom.